The van der Waals surface area contributed by atoms with Crippen molar-refractivity contribution < 1.29 is 14.6 Å². The highest BCUT2D eigenvalue weighted by atomic mass is 16.5. The van der Waals surface area contributed by atoms with Crippen molar-refractivity contribution in [3.63, 3.8) is 0 Å². The van der Waals surface area contributed by atoms with E-state index in [1.54, 1.807) is 13.3 Å². The molecule has 1 aromatic heterocycles. The van der Waals surface area contributed by atoms with E-state index in [1.807, 2.05) is 17.0 Å². The SMILES string of the molecule is COc1ccc2c(c1)CCC(C(=O)N1CCC(O)(c3ccn[nH]3)CC1)C2. The molecule has 0 spiro atoms. The van der Waals surface area contributed by atoms with Gasteiger partial charge in [-0.2, -0.15) is 5.10 Å². The van der Waals surface area contributed by atoms with Gasteiger partial charge < -0.3 is 14.7 Å². The lowest BCUT2D eigenvalue weighted by Crippen LogP contribution is -2.48. The normalized spacial score (nSPS) is 21.9. The number of ether oxygens (including phenoxy) is 1. The van der Waals surface area contributed by atoms with Gasteiger partial charge in [-0.1, -0.05) is 6.07 Å². The van der Waals surface area contributed by atoms with E-state index in [9.17, 15) is 9.90 Å². The second-order valence-electron chi connectivity index (χ2n) is 7.40. The summed E-state index contributed by atoms with van der Waals surface area (Å²) in [5, 5.41) is 17.6. The number of nitrogens with one attached hydrogen (secondary N) is 1. The zero-order chi connectivity index (χ0) is 18.1. The molecule has 0 bridgehead atoms. The van der Waals surface area contributed by atoms with E-state index in [2.05, 4.69) is 22.3 Å². The van der Waals surface area contributed by atoms with Crippen LogP contribution in [0, 0.1) is 5.92 Å². The van der Waals surface area contributed by atoms with Gasteiger partial charge >= 0.3 is 0 Å². The molecule has 2 heterocycles. The first-order valence-electron chi connectivity index (χ1n) is 9.26. The summed E-state index contributed by atoms with van der Waals surface area (Å²) >= 11 is 0. The van der Waals surface area contributed by atoms with Crippen LogP contribution in [0.4, 0.5) is 0 Å². The number of aromatic amines is 1. The Labute approximate surface area is 153 Å². The fourth-order valence-electron chi connectivity index (χ4n) is 4.21. The van der Waals surface area contributed by atoms with Gasteiger partial charge in [0, 0.05) is 25.2 Å². The maximum absolute atomic E-state index is 13.0. The van der Waals surface area contributed by atoms with E-state index in [0.29, 0.717) is 25.9 Å². The lowest BCUT2D eigenvalue weighted by atomic mass is 9.82. The molecule has 0 saturated carbocycles. The summed E-state index contributed by atoms with van der Waals surface area (Å²) < 4.78 is 5.29. The van der Waals surface area contributed by atoms with Crippen molar-refractivity contribution in [3.05, 3.63) is 47.3 Å². The van der Waals surface area contributed by atoms with E-state index in [4.69, 9.17) is 4.74 Å². The first kappa shape index (κ1) is 17.1. The smallest absolute Gasteiger partial charge is 0.226 e. The van der Waals surface area contributed by atoms with Crippen molar-refractivity contribution in [1.82, 2.24) is 15.1 Å². The highest BCUT2D eigenvalue weighted by molar-refractivity contribution is 5.79. The van der Waals surface area contributed by atoms with Crippen LogP contribution >= 0.6 is 0 Å². The number of H-pyrrole nitrogens is 1. The Bertz CT molecular complexity index is 780. The Morgan fingerprint density at radius 3 is 2.81 bits per heavy atom. The number of hydrogen-bond donors (Lipinski definition) is 2. The van der Waals surface area contributed by atoms with Gasteiger partial charge in [-0.25, -0.2) is 0 Å². The number of nitrogens with zero attached hydrogens (tertiary/aromatic N) is 2. The molecule has 2 N–H and O–H groups in total. The predicted octanol–water partition coefficient (Wildman–Crippen LogP) is 2.03. The third-order valence-electron chi connectivity index (χ3n) is 5.90. The summed E-state index contributed by atoms with van der Waals surface area (Å²) in [4.78, 5) is 14.9. The molecule has 2 aliphatic rings. The number of benzene rings is 1. The van der Waals surface area contributed by atoms with Crippen LogP contribution in [0.15, 0.2) is 30.5 Å². The Morgan fingerprint density at radius 1 is 1.31 bits per heavy atom. The van der Waals surface area contributed by atoms with Crippen LogP contribution in [0.25, 0.3) is 0 Å². The third-order valence-corrected chi connectivity index (χ3v) is 5.90. The zero-order valence-corrected chi connectivity index (χ0v) is 15.1. The molecule has 1 unspecified atom stereocenters. The zero-order valence-electron chi connectivity index (χ0n) is 15.1. The summed E-state index contributed by atoms with van der Waals surface area (Å²) in [7, 11) is 1.68. The van der Waals surface area contributed by atoms with Gasteiger partial charge in [0.25, 0.3) is 0 Å². The Balaban J connectivity index is 1.40. The summed E-state index contributed by atoms with van der Waals surface area (Å²) in [5.41, 5.74) is 2.38. The number of aryl methyl sites for hydroxylation is 1. The van der Waals surface area contributed by atoms with Gasteiger partial charge in [0.2, 0.25) is 5.91 Å². The summed E-state index contributed by atoms with van der Waals surface area (Å²) in [6.07, 6.45) is 5.32. The number of aromatic nitrogens is 2. The first-order chi connectivity index (χ1) is 12.6. The molecule has 2 aromatic rings. The van der Waals surface area contributed by atoms with Gasteiger partial charge in [0.05, 0.1) is 12.8 Å². The molecular formula is C20H25N3O3. The van der Waals surface area contributed by atoms with Gasteiger partial charge in [0.1, 0.15) is 11.4 Å². The Morgan fingerprint density at radius 2 is 2.12 bits per heavy atom. The molecule has 1 aliphatic carbocycles. The highest BCUT2D eigenvalue weighted by Gasteiger charge is 2.38. The van der Waals surface area contributed by atoms with Gasteiger partial charge in [-0.3, -0.25) is 9.89 Å². The number of hydrogen-bond acceptors (Lipinski definition) is 4. The van der Waals surface area contributed by atoms with Crippen molar-refractivity contribution in [1.29, 1.82) is 0 Å². The quantitative estimate of drug-likeness (QED) is 0.883. The fraction of sp³-hybridized carbons (Fsp3) is 0.500. The summed E-state index contributed by atoms with van der Waals surface area (Å²) in [6, 6.07) is 7.95. The number of likely N-dealkylation sites (tertiary alicyclic amines) is 1. The predicted molar refractivity (Wildman–Crippen MR) is 96.8 cm³/mol. The Hall–Kier alpha value is -2.34. The summed E-state index contributed by atoms with van der Waals surface area (Å²) in [5.74, 6) is 1.13. The average Bonchev–Trinajstić information content (AvgIpc) is 3.23. The number of carbonyl (C=O) groups is 1. The molecule has 138 valence electrons. The maximum Gasteiger partial charge on any atom is 0.226 e. The van der Waals surface area contributed by atoms with E-state index in [0.717, 1.165) is 30.7 Å². The standard InChI is InChI=1S/C20H25N3O3/c1-26-17-5-4-14-12-16(3-2-15(14)13-17)19(24)23-10-7-20(25,8-11-23)18-6-9-21-22-18/h4-6,9,13,16,25H,2-3,7-8,10-12H2,1H3,(H,21,22). The number of carbonyl (C=O) groups excluding carboxylic acids is 1. The lowest BCUT2D eigenvalue weighted by Gasteiger charge is -2.39. The molecule has 1 amide bonds. The number of aliphatic hydroxyl groups is 1. The van der Waals surface area contributed by atoms with Crippen LogP contribution in [0.3, 0.4) is 0 Å². The fourth-order valence-corrected chi connectivity index (χ4v) is 4.21. The average molecular weight is 355 g/mol. The van der Waals surface area contributed by atoms with Crippen molar-refractivity contribution in [2.24, 2.45) is 5.92 Å². The molecule has 1 atom stereocenters. The van der Waals surface area contributed by atoms with Crippen LogP contribution in [-0.2, 0) is 23.2 Å². The van der Waals surface area contributed by atoms with Crippen LogP contribution in [0.2, 0.25) is 0 Å². The molecule has 1 aliphatic heterocycles. The lowest BCUT2D eigenvalue weighted by molar-refractivity contribution is -0.140. The first-order valence-corrected chi connectivity index (χ1v) is 9.26. The molecule has 1 fully saturated rings. The Kier molecular flexibility index (Phi) is 4.44. The largest absolute Gasteiger partial charge is 0.497 e. The molecule has 1 aromatic carbocycles. The molecule has 1 saturated heterocycles. The van der Waals surface area contributed by atoms with Crippen molar-refractivity contribution in [2.45, 2.75) is 37.7 Å². The highest BCUT2D eigenvalue weighted by Crippen LogP contribution is 2.34. The van der Waals surface area contributed by atoms with Gasteiger partial charge in [0.15, 0.2) is 0 Å². The minimum Gasteiger partial charge on any atom is -0.497 e. The van der Waals surface area contributed by atoms with E-state index in [1.165, 1.54) is 11.1 Å². The minimum absolute atomic E-state index is 0.0363. The number of methoxy groups -OCH3 is 1. The molecule has 26 heavy (non-hydrogen) atoms. The third kappa shape index (κ3) is 3.09. The number of piperidine rings is 1. The van der Waals surface area contributed by atoms with E-state index < -0.39 is 5.60 Å². The van der Waals surface area contributed by atoms with Crippen molar-refractivity contribution in [3.8, 4) is 5.75 Å². The van der Waals surface area contributed by atoms with Crippen molar-refractivity contribution in [2.75, 3.05) is 20.2 Å². The van der Waals surface area contributed by atoms with Crippen molar-refractivity contribution >= 4 is 5.91 Å². The second kappa shape index (κ2) is 6.76. The molecule has 6 nitrogen and oxygen atoms in total. The molecular weight excluding hydrogens is 330 g/mol. The van der Waals surface area contributed by atoms with Gasteiger partial charge in [-0.05, 0) is 61.4 Å². The number of rotatable bonds is 3. The molecule has 0 radical (unpaired) electrons. The molecule has 6 heteroatoms. The number of amides is 1. The maximum atomic E-state index is 13.0. The topological polar surface area (TPSA) is 78.4 Å². The van der Waals surface area contributed by atoms with Crippen LogP contribution < -0.4 is 4.74 Å². The van der Waals surface area contributed by atoms with E-state index >= 15 is 0 Å². The van der Waals surface area contributed by atoms with Crippen LogP contribution in [0.5, 0.6) is 5.75 Å². The monoisotopic (exact) mass is 355 g/mol. The van der Waals surface area contributed by atoms with E-state index in [-0.39, 0.29) is 11.8 Å². The summed E-state index contributed by atoms with van der Waals surface area (Å²) in [6.45, 7) is 1.17. The van der Waals surface area contributed by atoms with Crippen LogP contribution in [0.1, 0.15) is 36.1 Å². The number of fused-ring (bicyclic) bond motifs is 1. The second-order valence-corrected chi connectivity index (χ2v) is 7.40. The minimum atomic E-state index is -0.900. The van der Waals surface area contributed by atoms with Crippen LogP contribution in [-0.4, -0.2) is 46.3 Å². The van der Waals surface area contributed by atoms with Gasteiger partial charge in [-0.15, -0.1) is 0 Å². The molecule has 4 rings (SSSR count).